The molecule has 0 saturated carbocycles. The van der Waals surface area contributed by atoms with Crippen molar-refractivity contribution in [3.05, 3.63) is 120 Å². The van der Waals surface area contributed by atoms with Gasteiger partial charge in [0.05, 0.1) is 7.11 Å². The van der Waals surface area contributed by atoms with Gasteiger partial charge in [0.2, 0.25) is 0 Å². The van der Waals surface area contributed by atoms with E-state index < -0.39 is 18.1 Å². The molecule has 0 saturated heterocycles. The number of anilines is 2. The smallest absolute Gasteiger partial charge is 0.341 e. The van der Waals surface area contributed by atoms with Gasteiger partial charge in [-0.1, -0.05) is 66.7 Å². The number of urea groups is 1. The fourth-order valence-corrected chi connectivity index (χ4v) is 3.41. The number of esters is 1. The molecule has 7 heteroatoms. The Balaban J connectivity index is 1.61. The largest absolute Gasteiger partial charge is 0.480 e. The van der Waals surface area contributed by atoms with Crippen LogP contribution in [0.2, 0.25) is 0 Å². The van der Waals surface area contributed by atoms with Crippen LogP contribution >= 0.6 is 0 Å². The molecule has 7 nitrogen and oxygen atoms in total. The molecule has 1 aromatic heterocycles. The predicted octanol–water partition coefficient (Wildman–Crippen LogP) is 5.68. The minimum absolute atomic E-state index is 0.190. The molecule has 34 heavy (non-hydrogen) atoms. The van der Waals surface area contributed by atoms with Crippen LogP contribution in [-0.4, -0.2) is 24.1 Å². The van der Waals surface area contributed by atoms with E-state index in [0.29, 0.717) is 17.3 Å². The number of nitrogens with one attached hydrogen (secondary N) is 2. The standard InChI is InChI=1S/C27H23N3O4/c1-33-26(31)22-18-21(29-27(32)30-24-14-8-9-17-28-24)15-16-23(22)34-25(19-10-4-2-5-11-19)20-12-6-3-7-13-20/h2-18,25H,1H3,(H2,28,29,30,32). The summed E-state index contributed by atoms with van der Waals surface area (Å²) in [5, 5.41) is 5.33. The van der Waals surface area contributed by atoms with E-state index in [0.717, 1.165) is 11.1 Å². The van der Waals surface area contributed by atoms with E-state index >= 15 is 0 Å². The highest BCUT2D eigenvalue weighted by Gasteiger charge is 2.21. The second kappa shape index (κ2) is 10.8. The second-order valence-corrected chi connectivity index (χ2v) is 7.32. The van der Waals surface area contributed by atoms with Gasteiger partial charge < -0.3 is 14.8 Å². The molecule has 0 atom stereocenters. The Hall–Kier alpha value is -4.65. The highest BCUT2D eigenvalue weighted by atomic mass is 16.5. The summed E-state index contributed by atoms with van der Waals surface area (Å²) in [6.45, 7) is 0. The number of pyridine rings is 1. The number of nitrogens with zero attached hydrogens (tertiary/aromatic N) is 1. The fourth-order valence-electron chi connectivity index (χ4n) is 3.41. The number of carbonyl (C=O) groups is 2. The Bertz CT molecular complexity index is 1210. The van der Waals surface area contributed by atoms with Crippen molar-refractivity contribution in [1.82, 2.24) is 4.98 Å². The third-order valence-corrected chi connectivity index (χ3v) is 5.00. The van der Waals surface area contributed by atoms with Gasteiger partial charge in [-0.15, -0.1) is 0 Å². The van der Waals surface area contributed by atoms with Crippen molar-refractivity contribution in [3.8, 4) is 5.75 Å². The maximum Gasteiger partial charge on any atom is 0.341 e. The van der Waals surface area contributed by atoms with E-state index in [2.05, 4.69) is 15.6 Å². The van der Waals surface area contributed by atoms with Crippen LogP contribution in [0.15, 0.2) is 103 Å². The van der Waals surface area contributed by atoms with Gasteiger partial charge in [-0.25, -0.2) is 14.6 Å². The molecular formula is C27H23N3O4. The molecular weight excluding hydrogens is 430 g/mol. The van der Waals surface area contributed by atoms with Gasteiger partial charge in [-0.2, -0.15) is 0 Å². The van der Waals surface area contributed by atoms with Crippen LogP contribution in [0.1, 0.15) is 27.6 Å². The first-order valence-electron chi connectivity index (χ1n) is 10.6. The summed E-state index contributed by atoms with van der Waals surface area (Å²) < 4.78 is 11.3. The van der Waals surface area contributed by atoms with Crippen LogP contribution < -0.4 is 15.4 Å². The number of rotatable bonds is 7. The van der Waals surface area contributed by atoms with E-state index in [4.69, 9.17) is 9.47 Å². The van der Waals surface area contributed by atoms with E-state index in [1.54, 1.807) is 36.5 Å². The van der Waals surface area contributed by atoms with Crippen LogP contribution in [0.3, 0.4) is 0 Å². The van der Waals surface area contributed by atoms with Crippen molar-refractivity contribution in [3.63, 3.8) is 0 Å². The molecule has 0 radical (unpaired) electrons. The summed E-state index contributed by atoms with van der Waals surface area (Å²) in [4.78, 5) is 29.0. The molecule has 2 N–H and O–H groups in total. The van der Waals surface area contributed by atoms with E-state index in [9.17, 15) is 9.59 Å². The maximum atomic E-state index is 12.6. The summed E-state index contributed by atoms with van der Waals surface area (Å²) in [6, 6.07) is 29.0. The number of hydrogen-bond donors (Lipinski definition) is 2. The Morgan fingerprint density at radius 2 is 1.44 bits per heavy atom. The Labute approximate surface area is 197 Å². The lowest BCUT2D eigenvalue weighted by molar-refractivity contribution is 0.0594. The number of benzene rings is 3. The number of ether oxygens (including phenoxy) is 2. The van der Waals surface area contributed by atoms with Crippen molar-refractivity contribution in [2.24, 2.45) is 0 Å². The summed E-state index contributed by atoms with van der Waals surface area (Å²) in [6.07, 6.45) is 1.13. The molecule has 170 valence electrons. The minimum Gasteiger partial charge on any atom is -0.480 e. The maximum absolute atomic E-state index is 12.6. The highest BCUT2D eigenvalue weighted by molar-refractivity contribution is 6.01. The minimum atomic E-state index is -0.580. The monoisotopic (exact) mass is 453 g/mol. The summed E-state index contributed by atoms with van der Waals surface area (Å²) >= 11 is 0. The first-order chi connectivity index (χ1) is 16.6. The lowest BCUT2D eigenvalue weighted by atomic mass is 10.0. The summed E-state index contributed by atoms with van der Waals surface area (Å²) in [5.41, 5.74) is 2.45. The number of amides is 2. The summed E-state index contributed by atoms with van der Waals surface area (Å²) in [7, 11) is 1.30. The molecule has 0 unspecified atom stereocenters. The van der Waals surface area contributed by atoms with Crippen molar-refractivity contribution >= 4 is 23.5 Å². The number of carbonyl (C=O) groups excluding carboxylic acids is 2. The first-order valence-corrected chi connectivity index (χ1v) is 10.6. The second-order valence-electron chi connectivity index (χ2n) is 7.32. The van der Waals surface area contributed by atoms with Crippen molar-refractivity contribution < 1.29 is 19.1 Å². The predicted molar refractivity (Wildman–Crippen MR) is 130 cm³/mol. The molecule has 0 aliphatic rings. The van der Waals surface area contributed by atoms with Crippen LogP contribution in [0.25, 0.3) is 0 Å². The zero-order valence-corrected chi connectivity index (χ0v) is 18.5. The topological polar surface area (TPSA) is 89.5 Å². The Morgan fingerprint density at radius 3 is 2.03 bits per heavy atom. The molecule has 2 amide bonds. The van der Waals surface area contributed by atoms with E-state index in [-0.39, 0.29) is 5.56 Å². The Kier molecular flexibility index (Phi) is 7.15. The molecule has 0 spiro atoms. The SMILES string of the molecule is COC(=O)c1cc(NC(=O)Nc2ccccn2)ccc1OC(c1ccccc1)c1ccccc1. The lowest BCUT2D eigenvalue weighted by Crippen LogP contribution is -2.20. The molecule has 1 heterocycles. The molecule has 4 rings (SSSR count). The molecule has 4 aromatic rings. The average molecular weight is 453 g/mol. The normalized spacial score (nSPS) is 10.4. The first kappa shape index (κ1) is 22.5. The number of methoxy groups -OCH3 is 1. The van der Waals surface area contributed by atoms with Gasteiger partial charge in [-0.3, -0.25) is 5.32 Å². The molecule has 3 aromatic carbocycles. The third-order valence-electron chi connectivity index (χ3n) is 5.00. The van der Waals surface area contributed by atoms with Crippen molar-refractivity contribution in [1.29, 1.82) is 0 Å². The van der Waals surface area contributed by atoms with Gasteiger partial charge >= 0.3 is 12.0 Å². The van der Waals surface area contributed by atoms with Crippen LogP contribution in [0.5, 0.6) is 5.75 Å². The fraction of sp³-hybridized carbons (Fsp3) is 0.0741. The van der Waals surface area contributed by atoms with Gasteiger partial charge in [0.25, 0.3) is 0 Å². The highest BCUT2D eigenvalue weighted by Crippen LogP contribution is 2.32. The number of aromatic nitrogens is 1. The van der Waals surface area contributed by atoms with Crippen molar-refractivity contribution in [2.75, 3.05) is 17.7 Å². The third kappa shape index (κ3) is 5.58. The van der Waals surface area contributed by atoms with Gasteiger partial charge in [-0.05, 0) is 41.5 Å². The van der Waals surface area contributed by atoms with E-state index in [1.165, 1.54) is 13.2 Å². The van der Waals surface area contributed by atoms with Gasteiger partial charge in [0, 0.05) is 11.9 Å². The summed E-state index contributed by atoms with van der Waals surface area (Å²) in [5.74, 6) is 0.158. The van der Waals surface area contributed by atoms with Gasteiger partial charge in [0.15, 0.2) is 0 Å². The lowest BCUT2D eigenvalue weighted by Gasteiger charge is -2.22. The molecule has 0 fully saturated rings. The molecule has 0 bridgehead atoms. The van der Waals surface area contributed by atoms with Gasteiger partial charge in [0.1, 0.15) is 23.2 Å². The average Bonchev–Trinajstić information content (AvgIpc) is 2.89. The van der Waals surface area contributed by atoms with Crippen LogP contribution in [0.4, 0.5) is 16.3 Å². The van der Waals surface area contributed by atoms with Crippen LogP contribution in [0, 0.1) is 0 Å². The molecule has 0 aliphatic heterocycles. The quantitative estimate of drug-likeness (QED) is 0.351. The van der Waals surface area contributed by atoms with Crippen molar-refractivity contribution in [2.45, 2.75) is 6.10 Å². The zero-order chi connectivity index (χ0) is 23.8. The zero-order valence-electron chi connectivity index (χ0n) is 18.5. The molecule has 0 aliphatic carbocycles. The Morgan fingerprint density at radius 1 is 0.794 bits per heavy atom. The van der Waals surface area contributed by atoms with Crippen LogP contribution in [-0.2, 0) is 4.74 Å². The number of hydrogen-bond acceptors (Lipinski definition) is 5. The van der Waals surface area contributed by atoms with E-state index in [1.807, 2.05) is 60.7 Å².